The van der Waals surface area contributed by atoms with Gasteiger partial charge in [-0.05, 0) is 35.4 Å². The van der Waals surface area contributed by atoms with Gasteiger partial charge in [-0.25, -0.2) is 8.42 Å². The summed E-state index contributed by atoms with van der Waals surface area (Å²) in [6.45, 7) is 4.17. The van der Waals surface area contributed by atoms with Gasteiger partial charge in [-0.2, -0.15) is 0 Å². The van der Waals surface area contributed by atoms with E-state index in [1.54, 1.807) is 42.5 Å². The fourth-order valence-corrected chi connectivity index (χ4v) is 5.40. The van der Waals surface area contributed by atoms with E-state index < -0.39 is 15.9 Å². The van der Waals surface area contributed by atoms with Crippen LogP contribution in [0.5, 0.6) is 5.75 Å². The van der Waals surface area contributed by atoms with E-state index in [2.05, 4.69) is 22.3 Å². The molecule has 0 radical (unpaired) electrons. The first-order valence-electron chi connectivity index (χ1n) is 11.8. The van der Waals surface area contributed by atoms with Crippen molar-refractivity contribution >= 4 is 21.6 Å². The second-order valence-corrected chi connectivity index (χ2v) is 10.4. The number of rotatable bonds is 10. The molecular formula is C27H31N3O5S. The molecule has 0 aromatic heterocycles. The molecule has 1 fully saturated rings. The van der Waals surface area contributed by atoms with E-state index >= 15 is 0 Å². The third kappa shape index (κ3) is 6.63. The Morgan fingerprint density at radius 2 is 1.67 bits per heavy atom. The molecule has 1 heterocycles. The molecule has 1 aliphatic heterocycles. The zero-order chi connectivity index (χ0) is 25.4. The van der Waals surface area contributed by atoms with Crippen LogP contribution in [-0.4, -0.2) is 59.2 Å². The fraction of sp³-hybridized carbons (Fsp3) is 0.296. The number of nitrogens with zero attached hydrogens (tertiary/aromatic N) is 2. The summed E-state index contributed by atoms with van der Waals surface area (Å²) in [5, 5.41) is 2.85. The highest BCUT2D eigenvalue weighted by Crippen LogP contribution is 2.26. The molecule has 1 aliphatic rings. The highest BCUT2D eigenvalue weighted by Gasteiger charge is 2.27. The van der Waals surface area contributed by atoms with Gasteiger partial charge in [0.25, 0.3) is 10.0 Å². The Labute approximate surface area is 212 Å². The van der Waals surface area contributed by atoms with Crippen LogP contribution in [0.4, 0.5) is 5.69 Å². The lowest BCUT2D eigenvalue weighted by Crippen LogP contribution is -2.40. The summed E-state index contributed by atoms with van der Waals surface area (Å²) >= 11 is 0. The smallest absolute Gasteiger partial charge is 0.264 e. The number of amides is 1. The Hall–Kier alpha value is -3.40. The molecule has 3 aromatic carbocycles. The Kier molecular flexibility index (Phi) is 8.58. The maximum atomic E-state index is 13.4. The highest BCUT2D eigenvalue weighted by atomic mass is 32.2. The molecule has 0 bridgehead atoms. The first-order chi connectivity index (χ1) is 17.5. The number of morpholine rings is 1. The normalized spacial score (nSPS) is 14.2. The third-order valence-corrected chi connectivity index (χ3v) is 7.77. The van der Waals surface area contributed by atoms with Crippen molar-refractivity contribution in [3.8, 4) is 5.75 Å². The number of hydrogen-bond acceptors (Lipinski definition) is 6. The van der Waals surface area contributed by atoms with Crippen LogP contribution in [0.25, 0.3) is 0 Å². The topological polar surface area (TPSA) is 88.2 Å². The molecule has 3 aromatic rings. The van der Waals surface area contributed by atoms with E-state index in [1.165, 1.54) is 24.8 Å². The number of benzene rings is 3. The lowest BCUT2D eigenvalue weighted by atomic mass is 10.1. The van der Waals surface area contributed by atoms with E-state index in [9.17, 15) is 13.2 Å². The van der Waals surface area contributed by atoms with Crippen LogP contribution in [0.15, 0.2) is 83.8 Å². The SMILES string of the molecule is COc1cccc(N(CC(=O)NCc2ccc(CN3CCOCC3)cc2)S(=O)(=O)c2ccccc2)c1. The zero-order valence-electron chi connectivity index (χ0n) is 20.3. The largest absolute Gasteiger partial charge is 0.497 e. The van der Waals surface area contributed by atoms with Crippen LogP contribution in [0.1, 0.15) is 11.1 Å². The predicted octanol–water partition coefficient (Wildman–Crippen LogP) is 3.04. The van der Waals surface area contributed by atoms with Gasteiger partial charge in [0.2, 0.25) is 5.91 Å². The molecule has 4 rings (SSSR count). The standard InChI is InChI=1S/C27H31N3O5S/c1-34-25-7-5-6-24(18-25)30(36(32,33)26-8-3-2-4-9-26)21-27(31)28-19-22-10-12-23(13-11-22)20-29-14-16-35-17-15-29/h2-13,18H,14-17,19-21H2,1H3,(H,28,31). The molecule has 0 unspecified atom stereocenters. The van der Waals surface area contributed by atoms with Crippen molar-refractivity contribution < 1.29 is 22.7 Å². The van der Waals surface area contributed by atoms with Crippen LogP contribution in [-0.2, 0) is 32.6 Å². The summed E-state index contributed by atoms with van der Waals surface area (Å²) in [5.41, 5.74) is 2.49. The predicted molar refractivity (Wildman–Crippen MR) is 138 cm³/mol. The lowest BCUT2D eigenvalue weighted by molar-refractivity contribution is -0.119. The maximum absolute atomic E-state index is 13.4. The molecule has 1 amide bonds. The molecule has 36 heavy (non-hydrogen) atoms. The quantitative estimate of drug-likeness (QED) is 0.452. The van der Waals surface area contributed by atoms with Gasteiger partial charge in [0.15, 0.2) is 0 Å². The molecule has 190 valence electrons. The zero-order valence-corrected chi connectivity index (χ0v) is 21.1. The molecule has 1 saturated heterocycles. The monoisotopic (exact) mass is 509 g/mol. The van der Waals surface area contributed by atoms with E-state index in [4.69, 9.17) is 9.47 Å². The van der Waals surface area contributed by atoms with Gasteiger partial charge < -0.3 is 14.8 Å². The second-order valence-electron chi connectivity index (χ2n) is 8.51. The summed E-state index contributed by atoms with van der Waals surface area (Å²) < 4.78 is 38.6. The van der Waals surface area contributed by atoms with Crippen LogP contribution in [0.2, 0.25) is 0 Å². The molecule has 8 nitrogen and oxygen atoms in total. The van der Waals surface area contributed by atoms with Crippen LogP contribution in [0, 0.1) is 0 Å². The Balaban J connectivity index is 1.43. The van der Waals surface area contributed by atoms with Gasteiger partial charge in [0.05, 0.1) is 30.9 Å². The fourth-order valence-electron chi connectivity index (χ4n) is 3.97. The van der Waals surface area contributed by atoms with Crippen molar-refractivity contribution in [2.45, 2.75) is 18.0 Å². The number of carbonyl (C=O) groups excluding carboxylic acids is 1. The summed E-state index contributed by atoms with van der Waals surface area (Å²) in [4.78, 5) is 15.4. The number of sulfonamides is 1. The van der Waals surface area contributed by atoms with Gasteiger partial charge >= 0.3 is 0 Å². The molecule has 0 aliphatic carbocycles. The number of carbonyl (C=O) groups is 1. The third-order valence-electron chi connectivity index (χ3n) is 5.98. The van der Waals surface area contributed by atoms with E-state index in [0.29, 0.717) is 18.0 Å². The molecule has 0 spiro atoms. The van der Waals surface area contributed by atoms with Gasteiger partial charge in [-0.1, -0.05) is 48.5 Å². The van der Waals surface area contributed by atoms with Crippen molar-refractivity contribution in [3.05, 3.63) is 90.0 Å². The summed E-state index contributed by atoms with van der Waals surface area (Å²) in [5.74, 6) is 0.0908. The van der Waals surface area contributed by atoms with Crippen LogP contribution >= 0.6 is 0 Å². The van der Waals surface area contributed by atoms with Crippen LogP contribution in [0.3, 0.4) is 0 Å². The van der Waals surface area contributed by atoms with Gasteiger partial charge in [-0.15, -0.1) is 0 Å². The maximum Gasteiger partial charge on any atom is 0.264 e. The van der Waals surface area contributed by atoms with Crippen molar-refractivity contribution in [1.29, 1.82) is 0 Å². The average Bonchev–Trinajstić information content (AvgIpc) is 2.92. The Morgan fingerprint density at radius 3 is 2.36 bits per heavy atom. The minimum absolute atomic E-state index is 0.108. The minimum Gasteiger partial charge on any atom is -0.497 e. The molecule has 0 saturated carbocycles. The first-order valence-corrected chi connectivity index (χ1v) is 13.3. The average molecular weight is 510 g/mol. The molecular weight excluding hydrogens is 478 g/mol. The van der Waals surface area contributed by atoms with E-state index in [0.717, 1.165) is 42.7 Å². The van der Waals surface area contributed by atoms with Crippen molar-refractivity contribution in [2.75, 3.05) is 44.3 Å². The van der Waals surface area contributed by atoms with Gasteiger partial charge in [-0.3, -0.25) is 14.0 Å². The minimum atomic E-state index is -3.97. The molecule has 1 N–H and O–H groups in total. The number of methoxy groups -OCH3 is 1. The van der Waals surface area contributed by atoms with Gasteiger partial charge in [0.1, 0.15) is 12.3 Å². The van der Waals surface area contributed by atoms with Gasteiger partial charge in [0, 0.05) is 32.2 Å². The Morgan fingerprint density at radius 1 is 0.972 bits per heavy atom. The second kappa shape index (κ2) is 12.0. The molecule has 9 heteroatoms. The lowest BCUT2D eigenvalue weighted by Gasteiger charge is -2.26. The van der Waals surface area contributed by atoms with Crippen molar-refractivity contribution in [1.82, 2.24) is 10.2 Å². The number of ether oxygens (including phenoxy) is 2. The van der Waals surface area contributed by atoms with E-state index in [-0.39, 0.29) is 11.4 Å². The van der Waals surface area contributed by atoms with Crippen molar-refractivity contribution in [2.24, 2.45) is 0 Å². The first kappa shape index (κ1) is 25.7. The highest BCUT2D eigenvalue weighted by molar-refractivity contribution is 7.92. The Bertz CT molecular complexity index is 1240. The number of nitrogens with one attached hydrogen (secondary N) is 1. The summed E-state index contributed by atoms with van der Waals surface area (Å²) in [7, 11) is -2.47. The van der Waals surface area contributed by atoms with Crippen molar-refractivity contribution in [3.63, 3.8) is 0 Å². The summed E-state index contributed by atoms with van der Waals surface area (Å²) in [6, 6.07) is 22.8. The molecule has 0 atom stereocenters. The van der Waals surface area contributed by atoms with E-state index in [1.807, 2.05) is 12.1 Å². The number of anilines is 1. The van der Waals surface area contributed by atoms with Crippen LogP contribution < -0.4 is 14.4 Å². The summed E-state index contributed by atoms with van der Waals surface area (Å²) in [6.07, 6.45) is 0. The number of hydrogen-bond donors (Lipinski definition) is 1.